The molecule has 0 radical (unpaired) electrons. The molecule has 20 heavy (non-hydrogen) atoms. The summed E-state index contributed by atoms with van der Waals surface area (Å²) in [6.07, 6.45) is -0.662. The predicted molar refractivity (Wildman–Crippen MR) is 70.3 cm³/mol. The van der Waals surface area contributed by atoms with Crippen LogP contribution in [0.1, 0.15) is 39.9 Å². The molecule has 106 valence electrons. The number of esters is 2. The van der Waals surface area contributed by atoms with E-state index in [0.29, 0.717) is 10.4 Å². The first-order valence-electron chi connectivity index (χ1n) is 5.65. The molecule has 2 aromatic heterocycles. The van der Waals surface area contributed by atoms with Gasteiger partial charge in [0.1, 0.15) is 5.76 Å². The largest absolute Gasteiger partial charge is 0.463 e. The van der Waals surface area contributed by atoms with Crippen LogP contribution in [0.15, 0.2) is 37.8 Å². The van der Waals surface area contributed by atoms with Gasteiger partial charge in [0.15, 0.2) is 10.8 Å². The van der Waals surface area contributed by atoms with Crippen molar-refractivity contribution < 1.29 is 27.9 Å². The molecule has 0 amide bonds. The highest BCUT2D eigenvalue weighted by Gasteiger charge is 2.20. The molecule has 0 saturated carbocycles. The maximum Gasteiger partial charge on any atom is 0.374 e. The zero-order valence-corrected chi connectivity index (χ0v) is 12.3. The van der Waals surface area contributed by atoms with E-state index in [1.165, 1.54) is 19.2 Å². The van der Waals surface area contributed by atoms with Crippen molar-refractivity contribution in [2.45, 2.75) is 13.0 Å². The van der Waals surface area contributed by atoms with Crippen LogP contribution >= 0.6 is 15.9 Å². The second-order valence-electron chi connectivity index (χ2n) is 3.84. The van der Waals surface area contributed by atoms with Gasteiger partial charge in [0.05, 0.1) is 7.11 Å². The van der Waals surface area contributed by atoms with Gasteiger partial charge in [-0.1, -0.05) is 0 Å². The van der Waals surface area contributed by atoms with E-state index in [4.69, 9.17) is 13.6 Å². The van der Waals surface area contributed by atoms with Crippen LogP contribution < -0.4 is 0 Å². The van der Waals surface area contributed by atoms with Crippen molar-refractivity contribution in [1.29, 1.82) is 0 Å². The summed E-state index contributed by atoms with van der Waals surface area (Å²) in [5.41, 5.74) is 0. The molecule has 2 aromatic rings. The minimum absolute atomic E-state index is 0.0474. The van der Waals surface area contributed by atoms with Crippen molar-refractivity contribution in [3.63, 3.8) is 0 Å². The molecule has 1 atom stereocenters. The van der Waals surface area contributed by atoms with E-state index in [-0.39, 0.29) is 11.5 Å². The summed E-state index contributed by atoms with van der Waals surface area (Å²) in [5.74, 6) is -0.761. The molecule has 0 aliphatic rings. The van der Waals surface area contributed by atoms with Crippen LogP contribution in [0.5, 0.6) is 0 Å². The molecule has 0 fully saturated rings. The van der Waals surface area contributed by atoms with Crippen LogP contribution in [0.2, 0.25) is 0 Å². The number of carbonyl (C=O) groups is 2. The van der Waals surface area contributed by atoms with Crippen molar-refractivity contribution in [1.82, 2.24) is 0 Å². The Morgan fingerprint density at radius 2 is 1.75 bits per heavy atom. The van der Waals surface area contributed by atoms with E-state index in [2.05, 4.69) is 20.7 Å². The molecule has 0 unspecified atom stereocenters. The van der Waals surface area contributed by atoms with Gasteiger partial charge in [-0.25, -0.2) is 9.59 Å². The molecular weight excluding hydrogens is 332 g/mol. The highest BCUT2D eigenvalue weighted by molar-refractivity contribution is 9.10. The molecule has 0 saturated heterocycles. The molecular formula is C13H11BrO6. The Morgan fingerprint density at radius 3 is 2.35 bits per heavy atom. The van der Waals surface area contributed by atoms with Gasteiger partial charge in [-0.3, -0.25) is 0 Å². The number of methoxy groups -OCH3 is 1. The summed E-state index contributed by atoms with van der Waals surface area (Å²) < 4.78 is 20.4. The monoisotopic (exact) mass is 342 g/mol. The number of hydrogen-bond donors (Lipinski definition) is 0. The lowest BCUT2D eigenvalue weighted by atomic mass is 10.3. The van der Waals surface area contributed by atoms with Gasteiger partial charge in [0.25, 0.3) is 0 Å². The van der Waals surface area contributed by atoms with Gasteiger partial charge in [-0.15, -0.1) is 0 Å². The second-order valence-corrected chi connectivity index (χ2v) is 4.63. The average Bonchev–Trinajstić information content (AvgIpc) is 3.06. The summed E-state index contributed by atoms with van der Waals surface area (Å²) in [6, 6.07) is 6.07. The maximum atomic E-state index is 11.8. The first-order valence-corrected chi connectivity index (χ1v) is 6.45. The van der Waals surface area contributed by atoms with Gasteiger partial charge in [-0.05, 0) is 47.1 Å². The number of carbonyl (C=O) groups excluding carboxylic acids is 2. The Labute approximate surface area is 122 Å². The lowest BCUT2D eigenvalue weighted by Crippen LogP contribution is -2.08. The molecule has 2 rings (SSSR count). The van der Waals surface area contributed by atoms with Crippen molar-refractivity contribution in [2.75, 3.05) is 7.11 Å². The van der Waals surface area contributed by atoms with Crippen LogP contribution in [0.4, 0.5) is 0 Å². The zero-order valence-electron chi connectivity index (χ0n) is 10.7. The summed E-state index contributed by atoms with van der Waals surface area (Å²) in [4.78, 5) is 23.0. The quantitative estimate of drug-likeness (QED) is 0.793. The standard InChI is InChI=1S/C13H11BrO6/c1-7(8-3-4-9(19-8)12(15)17-2)18-13(16)10-5-6-11(14)20-10/h3-7H,1-2H3/t7-/m1/s1. The average molecular weight is 343 g/mol. The van der Waals surface area contributed by atoms with Crippen LogP contribution in [0.25, 0.3) is 0 Å². The normalized spacial score (nSPS) is 11.9. The predicted octanol–water partition coefficient (Wildman–Crippen LogP) is 3.34. The van der Waals surface area contributed by atoms with Crippen molar-refractivity contribution in [2.24, 2.45) is 0 Å². The van der Waals surface area contributed by atoms with E-state index in [1.54, 1.807) is 19.1 Å². The van der Waals surface area contributed by atoms with E-state index in [0.717, 1.165) is 0 Å². The van der Waals surface area contributed by atoms with Crippen molar-refractivity contribution >= 4 is 27.9 Å². The summed E-state index contributed by atoms with van der Waals surface area (Å²) >= 11 is 3.09. The molecule has 6 nitrogen and oxygen atoms in total. The number of furan rings is 2. The number of hydrogen-bond acceptors (Lipinski definition) is 6. The fraction of sp³-hybridized carbons (Fsp3) is 0.231. The third kappa shape index (κ3) is 3.11. The van der Waals surface area contributed by atoms with Gasteiger partial charge >= 0.3 is 11.9 Å². The fourth-order valence-electron chi connectivity index (χ4n) is 1.48. The van der Waals surface area contributed by atoms with E-state index in [9.17, 15) is 9.59 Å². The topological polar surface area (TPSA) is 78.9 Å². The van der Waals surface area contributed by atoms with Gasteiger partial charge in [0, 0.05) is 0 Å². The lowest BCUT2D eigenvalue weighted by Gasteiger charge is -2.09. The SMILES string of the molecule is COC(=O)c1ccc([C@@H](C)OC(=O)c2ccc(Br)o2)o1. The van der Waals surface area contributed by atoms with E-state index >= 15 is 0 Å². The minimum atomic E-state index is -0.662. The molecule has 0 aliphatic carbocycles. The summed E-state index contributed by atoms with van der Waals surface area (Å²) in [7, 11) is 1.25. The number of ether oxygens (including phenoxy) is 2. The second kappa shape index (κ2) is 5.96. The fourth-order valence-corrected chi connectivity index (χ4v) is 1.79. The van der Waals surface area contributed by atoms with Crippen LogP contribution in [-0.2, 0) is 9.47 Å². The Balaban J connectivity index is 2.04. The molecule has 0 N–H and O–H groups in total. The first kappa shape index (κ1) is 14.4. The minimum Gasteiger partial charge on any atom is -0.463 e. The van der Waals surface area contributed by atoms with Crippen LogP contribution in [0, 0.1) is 0 Å². The Bertz CT molecular complexity index is 626. The first-order chi connectivity index (χ1) is 9.51. The smallest absolute Gasteiger partial charge is 0.374 e. The summed E-state index contributed by atoms with van der Waals surface area (Å²) in [6.45, 7) is 1.62. The summed E-state index contributed by atoms with van der Waals surface area (Å²) in [5, 5.41) is 0. The van der Waals surface area contributed by atoms with E-state index < -0.39 is 18.0 Å². The highest BCUT2D eigenvalue weighted by Crippen LogP contribution is 2.23. The molecule has 0 bridgehead atoms. The Morgan fingerprint density at radius 1 is 1.10 bits per heavy atom. The van der Waals surface area contributed by atoms with Gasteiger partial charge in [0.2, 0.25) is 11.5 Å². The number of halogens is 1. The Kier molecular flexibility index (Phi) is 4.29. The number of rotatable bonds is 4. The van der Waals surface area contributed by atoms with Crippen LogP contribution in [0.3, 0.4) is 0 Å². The molecule has 0 aliphatic heterocycles. The lowest BCUT2D eigenvalue weighted by molar-refractivity contribution is 0.0249. The third-order valence-corrected chi connectivity index (χ3v) is 2.90. The van der Waals surface area contributed by atoms with E-state index in [1.807, 2.05) is 0 Å². The molecule has 2 heterocycles. The van der Waals surface area contributed by atoms with Crippen molar-refractivity contribution in [3.05, 3.63) is 46.2 Å². The zero-order chi connectivity index (χ0) is 14.7. The third-order valence-electron chi connectivity index (χ3n) is 2.47. The van der Waals surface area contributed by atoms with Crippen LogP contribution in [-0.4, -0.2) is 19.0 Å². The van der Waals surface area contributed by atoms with Crippen molar-refractivity contribution in [3.8, 4) is 0 Å². The molecule has 0 aromatic carbocycles. The van der Waals surface area contributed by atoms with Gasteiger partial charge < -0.3 is 18.3 Å². The molecule has 0 spiro atoms. The van der Waals surface area contributed by atoms with Gasteiger partial charge in [-0.2, -0.15) is 0 Å². The highest BCUT2D eigenvalue weighted by atomic mass is 79.9. The maximum absolute atomic E-state index is 11.8. The molecule has 7 heteroatoms. The Hall–Kier alpha value is -2.02.